The number of aromatic nitrogens is 4. The van der Waals surface area contributed by atoms with Crippen molar-refractivity contribution in [2.24, 2.45) is 0 Å². The predicted octanol–water partition coefficient (Wildman–Crippen LogP) is 2.63. The molecule has 31 heavy (non-hydrogen) atoms. The van der Waals surface area contributed by atoms with Crippen LogP contribution >= 0.6 is 0 Å². The van der Waals surface area contributed by atoms with Crippen LogP contribution in [0.15, 0.2) is 24.3 Å². The van der Waals surface area contributed by atoms with E-state index in [-0.39, 0.29) is 6.10 Å². The zero-order valence-corrected chi connectivity index (χ0v) is 18.1. The molecule has 1 aromatic carbocycles. The second-order valence-corrected chi connectivity index (χ2v) is 7.54. The van der Waals surface area contributed by atoms with Crippen LogP contribution in [0.1, 0.15) is 23.6 Å². The van der Waals surface area contributed by atoms with Gasteiger partial charge < -0.3 is 20.1 Å². The van der Waals surface area contributed by atoms with Crippen LogP contribution in [0.3, 0.4) is 0 Å². The molecule has 0 saturated carbocycles. The Kier molecular flexibility index (Phi) is 5.48. The summed E-state index contributed by atoms with van der Waals surface area (Å²) < 4.78 is 12.6. The third kappa shape index (κ3) is 3.90. The van der Waals surface area contributed by atoms with E-state index in [1.165, 1.54) is 0 Å². The lowest BCUT2D eigenvalue weighted by molar-refractivity contribution is 0.121. The monoisotopic (exact) mass is 419 g/mol. The van der Waals surface area contributed by atoms with Crippen molar-refractivity contribution in [3.05, 3.63) is 41.5 Å². The van der Waals surface area contributed by atoms with Gasteiger partial charge in [0.2, 0.25) is 0 Å². The first-order valence-corrected chi connectivity index (χ1v) is 10.0. The average Bonchev–Trinajstić information content (AvgIpc) is 3.38. The molecule has 3 heterocycles. The molecule has 4 rings (SSSR count). The van der Waals surface area contributed by atoms with E-state index in [0.29, 0.717) is 40.2 Å². The molecule has 1 fully saturated rings. The molecule has 1 saturated heterocycles. The second-order valence-electron chi connectivity index (χ2n) is 7.54. The van der Waals surface area contributed by atoms with Crippen molar-refractivity contribution in [1.82, 2.24) is 19.7 Å². The minimum Gasteiger partial charge on any atom is -0.497 e. The quantitative estimate of drug-likeness (QED) is 0.671. The molecule has 0 radical (unpaired) electrons. The van der Waals surface area contributed by atoms with Crippen molar-refractivity contribution >= 4 is 11.5 Å². The molecule has 1 atom stereocenters. The number of hydrogen-bond acceptors (Lipinski definition) is 8. The fraction of sp³-hybridized carbons (Fsp3) is 0.364. The smallest absolute Gasteiger partial charge is 0.176 e. The Morgan fingerprint density at radius 2 is 1.97 bits per heavy atom. The second kappa shape index (κ2) is 8.24. The summed E-state index contributed by atoms with van der Waals surface area (Å²) >= 11 is 0. The Bertz CT molecular complexity index is 1170. The first-order chi connectivity index (χ1) is 14.9. The van der Waals surface area contributed by atoms with Crippen LogP contribution in [-0.2, 0) is 4.74 Å². The van der Waals surface area contributed by atoms with Gasteiger partial charge in [0.15, 0.2) is 5.82 Å². The molecule has 160 valence electrons. The topological polar surface area (TPSA) is 115 Å². The largest absolute Gasteiger partial charge is 0.497 e. The van der Waals surface area contributed by atoms with E-state index in [4.69, 9.17) is 15.2 Å². The zero-order valence-electron chi connectivity index (χ0n) is 18.1. The van der Waals surface area contributed by atoms with Crippen LogP contribution in [0.2, 0.25) is 0 Å². The van der Waals surface area contributed by atoms with E-state index in [1.54, 1.807) is 31.9 Å². The van der Waals surface area contributed by atoms with Gasteiger partial charge in [-0.05, 0) is 44.0 Å². The molecule has 1 aliphatic heterocycles. The zero-order chi connectivity index (χ0) is 22.1. The highest BCUT2D eigenvalue weighted by molar-refractivity contribution is 5.79. The SMILES string of the molecule is COc1cc(-c2cc(N)nc(-n3nc(C)nc3C)c2C#N)cc(N2CC[C@@H](OC)C2)c1. The average molecular weight is 419 g/mol. The van der Waals surface area contributed by atoms with Gasteiger partial charge in [-0.1, -0.05) is 0 Å². The summed E-state index contributed by atoms with van der Waals surface area (Å²) in [5.74, 6) is 2.58. The van der Waals surface area contributed by atoms with Crippen LogP contribution < -0.4 is 15.4 Å². The highest BCUT2D eigenvalue weighted by Gasteiger charge is 2.24. The lowest BCUT2D eigenvalue weighted by Gasteiger charge is -2.21. The van der Waals surface area contributed by atoms with E-state index in [1.807, 2.05) is 25.1 Å². The van der Waals surface area contributed by atoms with Crippen LogP contribution in [-0.4, -0.2) is 53.2 Å². The summed E-state index contributed by atoms with van der Waals surface area (Å²) in [6, 6.07) is 9.92. The molecule has 2 N–H and O–H groups in total. The van der Waals surface area contributed by atoms with Crippen LogP contribution in [0.5, 0.6) is 5.75 Å². The highest BCUT2D eigenvalue weighted by Crippen LogP contribution is 2.35. The molecule has 0 unspecified atom stereocenters. The first-order valence-electron chi connectivity index (χ1n) is 10.0. The summed E-state index contributed by atoms with van der Waals surface area (Å²) in [5.41, 5.74) is 9.00. The van der Waals surface area contributed by atoms with E-state index in [9.17, 15) is 5.26 Å². The summed E-state index contributed by atoms with van der Waals surface area (Å²) in [7, 11) is 3.36. The normalized spacial score (nSPS) is 15.8. The number of nitrogen functional groups attached to an aromatic ring is 1. The number of pyridine rings is 1. The van der Waals surface area contributed by atoms with Gasteiger partial charge in [0.1, 0.15) is 34.8 Å². The van der Waals surface area contributed by atoms with Gasteiger partial charge in [-0.15, -0.1) is 5.10 Å². The number of rotatable bonds is 5. The lowest BCUT2D eigenvalue weighted by atomic mass is 10.00. The standard InChI is InChI=1S/C22H25N7O2/c1-13-25-14(2)29(27-13)22-20(11-23)19(10-21(24)26-22)15-7-16(9-18(8-15)31-4)28-6-5-17(12-28)30-3/h7-10,17H,5-6,12H2,1-4H3,(H2,24,26)/t17-/m1/s1. The number of nitriles is 1. The van der Waals surface area contributed by atoms with Gasteiger partial charge in [0.25, 0.3) is 0 Å². The molecule has 0 bridgehead atoms. The van der Waals surface area contributed by atoms with Crippen molar-refractivity contribution in [3.63, 3.8) is 0 Å². The third-order valence-electron chi connectivity index (χ3n) is 5.49. The summed E-state index contributed by atoms with van der Waals surface area (Å²) in [6.45, 7) is 5.29. The van der Waals surface area contributed by atoms with Crippen molar-refractivity contribution in [2.45, 2.75) is 26.4 Å². The van der Waals surface area contributed by atoms with E-state index < -0.39 is 0 Å². The van der Waals surface area contributed by atoms with E-state index >= 15 is 0 Å². The van der Waals surface area contributed by atoms with Crippen molar-refractivity contribution in [1.29, 1.82) is 5.26 Å². The number of benzene rings is 1. The molecule has 2 aromatic heterocycles. The number of aryl methyl sites for hydroxylation is 2. The minimum absolute atomic E-state index is 0.200. The number of nitrogens with zero attached hydrogens (tertiary/aromatic N) is 6. The maximum absolute atomic E-state index is 10.0. The minimum atomic E-state index is 0.200. The lowest BCUT2D eigenvalue weighted by Crippen LogP contribution is -2.22. The van der Waals surface area contributed by atoms with Crippen LogP contribution in [0.25, 0.3) is 16.9 Å². The van der Waals surface area contributed by atoms with Gasteiger partial charge in [-0.3, -0.25) is 0 Å². The Morgan fingerprint density at radius 1 is 1.16 bits per heavy atom. The van der Waals surface area contributed by atoms with Gasteiger partial charge in [-0.2, -0.15) is 9.94 Å². The van der Waals surface area contributed by atoms with Crippen LogP contribution in [0.4, 0.5) is 11.5 Å². The van der Waals surface area contributed by atoms with E-state index in [0.717, 1.165) is 30.8 Å². The molecule has 9 heteroatoms. The Labute approximate surface area is 181 Å². The van der Waals surface area contributed by atoms with Crippen LogP contribution in [0, 0.1) is 25.2 Å². The number of methoxy groups -OCH3 is 2. The van der Waals surface area contributed by atoms with Crippen molar-refractivity contribution in [3.8, 4) is 28.8 Å². The Hall–Kier alpha value is -3.64. The van der Waals surface area contributed by atoms with Gasteiger partial charge in [0.05, 0.1) is 13.2 Å². The van der Waals surface area contributed by atoms with Crippen molar-refractivity contribution < 1.29 is 9.47 Å². The number of nitrogens with two attached hydrogens (primary N) is 1. The van der Waals surface area contributed by atoms with E-state index in [2.05, 4.69) is 26.0 Å². The van der Waals surface area contributed by atoms with Crippen molar-refractivity contribution in [2.75, 3.05) is 37.9 Å². The number of ether oxygens (including phenoxy) is 2. The predicted molar refractivity (Wildman–Crippen MR) is 117 cm³/mol. The maximum Gasteiger partial charge on any atom is 0.176 e. The highest BCUT2D eigenvalue weighted by atomic mass is 16.5. The van der Waals surface area contributed by atoms with Gasteiger partial charge in [-0.25, -0.2) is 9.97 Å². The molecule has 0 spiro atoms. The summed E-state index contributed by atoms with van der Waals surface area (Å²) in [5, 5.41) is 14.4. The summed E-state index contributed by atoms with van der Waals surface area (Å²) in [6.07, 6.45) is 1.16. The fourth-order valence-corrected chi connectivity index (χ4v) is 3.96. The molecular weight excluding hydrogens is 394 g/mol. The molecule has 0 amide bonds. The Balaban J connectivity index is 1.87. The van der Waals surface area contributed by atoms with Gasteiger partial charge >= 0.3 is 0 Å². The fourth-order valence-electron chi connectivity index (χ4n) is 3.96. The number of anilines is 2. The first kappa shape index (κ1) is 20.6. The maximum atomic E-state index is 10.0. The third-order valence-corrected chi connectivity index (χ3v) is 5.49. The van der Waals surface area contributed by atoms with Gasteiger partial charge in [0, 0.05) is 37.5 Å². The molecule has 1 aliphatic rings. The number of hydrogen-bond donors (Lipinski definition) is 1. The molecular formula is C22H25N7O2. The summed E-state index contributed by atoms with van der Waals surface area (Å²) in [4.78, 5) is 11.0. The molecule has 9 nitrogen and oxygen atoms in total. The Morgan fingerprint density at radius 3 is 2.58 bits per heavy atom. The molecule has 0 aliphatic carbocycles. The molecule has 3 aromatic rings.